The molecule has 0 bridgehead atoms. The molecule has 0 unspecified atom stereocenters. The van der Waals surface area contributed by atoms with E-state index >= 15 is 0 Å². The van der Waals surface area contributed by atoms with Crippen LogP contribution in [-0.2, 0) is 11.3 Å². The lowest BCUT2D eigenvalue weighted by Crippen LogP contribution is -2.38. The molecule has 0 heterocycles. The van der Waals surface area contributed by atoms with Crippen molar-refractivity contribution in [3.63, 3.8) is 0 Å². The van der Waals surface area contributed by atoms with Crippen LogP contribution in [-0.4, -0.2) is 46.5 Å². The molecule has 2 N–H and O–H groups in total. The third-order valence-electron chi connectivity index (χ3n) is 3.51. The van der Waals surface area contributed by atoms with Crippen LogP contribution >= 0.6 is 24.0 Å². The number of guanidine groups is 1. The van der Waals surface area contributed by atoms with E-state index in [0.717, 1.165) is 18.6 Å². The molecule has 0 aromatic heterocycles. The van der Waals surface area contributed by atoms with Crippen LogP contribution in [0.15, 0.2) is 23.2 Å². The molecule has 1 aromatic rings. The van der Waals surface area contributed by atoms with Gasteiger partial charge in [0.1, 0.15) is 0 Å². The van der Waals surface area contributed by atoms with Crippen LogP contribution in [0.5, 0.6) is 11.5 Å². The fraction of sp³-hybridized carbons (Fsp3) is 0.611. The Labute approximate surface area is 177 Å². The summed E-state index contributed by atoms with van der Waals surface area (Å²) in [4.78, 5) is 4.12. The summed E-state index contributed by atoms with van der Waals surface area (Å²) >= 11 is 0. The number of ether oxygens (including phenoxy) is 3. The van der Waals surface area contributed by atoms with E-state index < -0.39 is 6.61 Å². The summed E-state index contributed by atoms with van der Waals surface area (Å²) in [6, 6.07) is 4.88. The number of nitrogens with one attached hydrogen (secondary N) is 2. The van der Waals surface area contributed by atoms with Gasteiger partial charge in [-0.05, 0) is 30.0 Å². The molecule has 0 saturated carbocycles. The molecule has 0 aliphatic carbocycles. The van der Waals surface area contributed by atoms with Crippen LogP contribution < -0.4 is 20.1 Å². The fourth-order valence-electron chi connectivity index (χ4n) is 2.09. The van der Waals surface area contributed by atoms with E-state index in [1.54, 1.807) is 19.2 Å². The van der Waals surface area contributed by atoms with Gasteiger partial charge in [0.05, 0.1) is 13.7 Å². The third-order valence-corrected chi connectivity index (χ3v) is 3.51. The molecular formula is C18H30F2IN3O3. The average Bonchev–Trinajstić information content (AvgIpc) is 2.60. The maximum Gasteiger partial charge on any atom is 0.387 e. The number of aliphatic imine (C=N–C) groups is 1. The Kier molecular flexibility index (Phi) is 13.9. The highest BCUT2D eigenvalue weighted by molar-refractivity contribution is 14.0. The van der Waals surface area contributed by atoms with Gasteiger partial charge in [0.2, 0.25) is 0 Å². The molecule has 0 aliphatic rings. The van der Waals surface area contributed by atoms with Gasteiger partial charge in [-0.15, -0.1) is 24.0 Å². The number of halogens is 3. The lowest BCUT2D eigenvalue weighted by Gasteiger charge is -2.14. The van der Waals surface area contributed by atoms with Gasteiger partial charge in [0.25, 0.3) is 0 Å². The molecule has 6 nitrogen and oxygen atoms in total. The van der Waals surface area contributed by atoms with Crippen molar-refractivity contribution in [2.75, 3.05) is 33.9 Å². The normalized spacial score (nSPS) is 11.3. The Morgan fingerprint density at radius 2 is 1.89 bits per heavy atom. The summed E-state index contributed by atoms with van der Waals surface area (Å²) in [7, 11) is 3.06. The molecular weight excluding hydrogens is 471 g/mol. The number of benzene rings is 1. The third kappa shape index (κ3) is 11.2. The Hall–Kier alpha value is -1.36. The Bertz CT molecular complexity index is 561. The molecule has 0 saturated heterocycles. The predicted molar refractivity (Wildman–Crippen MR) is 114 cm³/mol. The standard InChI is InChI=1S/C18H29F2N3O3.HI/c1-13(2)7-9-25-10-8-22-18(21-3)23-12-14-5-6-15(24-4)16(11-14)26-17(19)20;/h5-6,11,13,17H,7-10,12H2,1-4H3,(H2,21,22,23);1H. The molecule has 0 fully saturated rings. The number of nitrogens with zero attached hydrogens (tertiary/aromatic N) is 1. The van der Waals surface area contributed by atoms with Gasteiger partial charge < -0.3 is 24.8 Å². The van der Waals surface area contributed by atoms with Gasteiger partial charge in [0, 0.05) is 26.7 Å². The highest BCUT2D eigenvalue weighted by Crippen LogP contribution is 2.29. The summed E-state index contributed by atoms with van der Waals surface area (Å²) in [5.41, 5.74) is 0.762. The van der Waals surface area contributed by atoms with Gasteiger partial charge in [-0.2, -0.15) is 8.78 Å². The van der Waals surface area contributed by atoms with Crippen molar-refractivity contribution in [1.82, 2.24) is 10.6 Å². The highest BCUT2D eigenvalue weighted by atomic mass is 127. The molecule has 0 amide bonds. The van der Waals surface area contributed by atoms with E-state index in [2.05, 4.69) is 34.2 Å². The second kappa shape index (κ2) is 14.7. The van der Waals surface area contributed by atoms with Crippen molar-refractivity contribution < 1.29 is 23.0 Å². The smallest absolute Gasteiger partial charge is 0.387 e. The number of alkyl halides is 2. The zero-order chi connectivity index (χ0) is 19.4. The lowest BCUT2D eigenvalue weighted by atomic mass is 10.1. The van der Waals surface area contributed by atoms with Gasteiger partial charge in [-0.25, -0.2) is 0 Å². The summed E-state index contributed by atoms with van der Waals surface area (Å²) < 4.78 is 40.0. The maximum absolute atomic E-state index is 12.5. The topological polar surface area (TPSA) is 64.1 Å². The van der Waals surface area contributed by atoms with Gasteiger partial charge in [-0.1, -0.05) is 19.9 Å². The summed E-state index contributed by atoms with van der Waals surface area (Å²) in [6.45, 7) is 3.76. The molecule has 9 heteroatoms. The summed E-state index contributed by atoms with van der Waals surface area (Å²) in [5.74, 6) is 1.49. The van der Waals surface area contributed by atoms with Crippen molar-refractivity contribution >= 4 is 29.9 Å². The molecule has 0 atom stereocenters. The van der Waals surface area contributed by atoms with Crippen molar-refractivity contribution in [1.29, 1.82) is 0 Å². The lowest BCUT2D eigenvalue weighted by molar-refractivity contribution is -0.0512. The van der Waals surface area contributed by atoms with E-state index in [0.29, 0.717) is 31.6 Å². The van der Waals surface area contributed by atoms with Gasteiger partial charge >= 0.3 is 6.61 Å². The fourth-order valence-corrected chi connectivity index (χ4v) is 2.09. The summed E-state index contributed by atoms with van der Waals surface area (Å²) in [5, 5.41) is 6.25. The van der Waals surface area contributed by atoms with Crippen LogP contribution in [0.4, 0.5) is 8.78 Å². The Morgan fingerprint density at radius 1 is 1.15 bits per heavy atom. The number of hydrogen-bond donors (Lipinski definition) is 2. The molecule has 1 rings (SSSR count). The molecule has 27 heavy (non-hydrogen) atoms. The second-order valence-corrected chi connectivity index (χ2v) is 6.01. The summed E-state index contributed by atoms with van der Waals surface area (Å²) in [6.07, 6.45) is 1.04. The quantitative estimate of drug-likeness (QED) is 0.210. The Balaban J connectivity index is 0.00000676. The second-order valence-electron chi connectivity index (χ2n) is 6.01. The van der Waals surface area contributed by atoms with Crippen molar-refractivity contribution in [3.8, 4) is 11.5 Å². The minimum Gasteiger partial charge on any atom is -0.493 e. The van der Waals surface area contributed by atoms with Crippen molar-refractivity contribution in [3.05, 3.63) is 23.8 Å². The minimum absolute atomic E-state index is 0. The molecule has 0 spiro atoms. The van der Waals surface area contributed by atoms with Crippen LogP contribution in [0.25, 0.3) is 0 Å². The van der Waals surface area contributed by atoms with E-state index in [-0.39, 0.29) is 35.5 Å². The zero-order valence-corrected chi connectivity index (χ0v) is 18.6. The first-order valence-corrected chi connectivity index (χ1v) is 8.60. The zero-order valence-electron chi connectivity index (χ0n) is 16.3. The van der Waals surface area contributed by atoms with Crippen molar-refractivity contribution in [2.24, 2.45) is 10.9 Å². The van der Waals surface area contributed by atoms with Crippen molar-refractivity contribution in [2.45, 2.75) is 33.4 Å². The van der Waals surface area contributed by atoms with E-state index in [1.807, 2.05) is 0 Å². The minimum atomic E-state index is -2.91. The average molecular weight is 501 g/mol. The first kappa shape index (κ1) is 25.6. The molecule has 0 radical (unpaired) electrons. The highest BCUT2D eigenvalue weighted by Gasteiger charge is 2.11. The SMILES string of the molecule is CN=C(NCCOCCC(C)C)NCc1ccc(OC)c(OC(F)F)c1.I. The van der Waals surface area contributed by atoms with Crippen LogP contribution in [0.2, 0.25) is 0 Å². The monoisotopic (exact) mass is 501 g/mol. The molecule has 1 aromatic carbocycles. The van der Waals surface area contributed by atoms with Crippen LogP contribution in [0.1, 0.15) is 25.8 Å². The van der Waals surface area contributed by atoms with E-state index in [4.69, 9.17) is 9.47 Å². The first-order chi connectivity index (χ1) is 12.5. The Morgan fingerprint density at radius 3 is 2.48 bits per heavy atom. The largest absolute Gasteiger partial charge is 0.493 e. The van der Waals surface area contributed by atoms with Crippen LogP contribution in [0.3, 0.4) is 0 Å². The maximum atomic E-state index is 12.5. The van der Waals surface area contributed by atoms with Crippen LogP contribution in [0, 0.1) is 5.92 Å². The molecule has 0 aliphatic heterocycles. The number of hydrogen-bond acceptors (Lipinski definition) is 4. The number of rotatable bonds is 11. The van der Waals surface area contributed by atoms with Gasteiger partial charge in [0.15, 0.2) is 17.5 Å². The van der Waals surface area contributed by atoms with E-state index in [9.17, 15) is 8.78 Å². The predicted octanol–water partition coefficient (Wildman–Crippen LogP) is 3.64. The molecule has 156 valence electrons. The van der Waals surface area contributed by atoms with Gasteiger partial charge in [-0.3, -0.25) is 4.99 Å². The number of methoxy groups -OCH3 is 1. The first-order valence-electron chi connectivity index (χ1n) is 8.60. The van der Waals surface area contributed by atoms with E-state index in [1.165, 1.54) is 13.2 Å².